The number of hydrogen-bond donors (Lipinski definition) is 0. The van der Waals surface area contributed by atoms with Gasteiger partial charge < -0.3 is 14.3 Å². The molecule has 1 aromatic heterocycles. The Balaban J connectivity index is 1.43. The van der Waals surface area contributed by atoms with Gasteiger partial charge in [-0.25, -0.2) is 8.42 Å². The predicted octanol–water partition coefficient (Wildman–Crippen LogP) is 1.02. The van der Waals surface area contributed by atoms with E-state index >= 15 is 0 Å². The van der Waals surface area contributed by atoms with E-state index in [4.69, 9.17) is 4.52 Å². The summed E-state index contributed by atoms with van der Waals surface area (Å²) in [7, 11) is 0.754. The standard InChI is InChI=1S/C16H25N3O4S/c1-18(14-6-8-24(21,22)11-14)7-5-16(20)19(2)10-13-9-15(23-17-13)12-3-4-12/h9,12,14H,3-8,10-11H2,1-2H3/t14-/m0/s1. The summed E-state index contributed by atoms with van der Waals surface area (Å²) in [6, 6.07) is 1.97. The maximum Gasteiger partial charge on any atom is 0.223 e. The molecule has 0 radical (unpaired) electrons. The van der Waals surface area contributed by atoms with E-state index in [1.54, 1.807) is 11.9 Å². The van der Waals surface area contributed by atoms with Gasteiger partial charge in [-0.15, -0.1) is 0 Å². The van der Waals surface area contributed by atoms with Crippen molar-refractivity contribution in [1.29, 1.82) is 0 Å². The quantitative estimate of drug-likeness (QED) is 0.726. The van der Waals surface area contributed by atoms with Crippen molar-refractivity contribution >= 4 is 15.7 Å². The molecule has 1 aliphatic heterocycles. The van der Waals surface area contributed by atoms with Crippen molar-refractivity contribution in [3.8, 4) is 0 Å². The lowest BCUT2D eigenvalue weighted by Crippen LogP contribution is -2.36. The molecule has 1 saturated heterocycles. The van der Waals surface area contributed by atoms with Gasteiger partial charge in [-0.05, 0) is 26.3 Å². The SMILES string of the molecule is CN(Cc1cc(C2CC2)on1)C(=O)CCN(C)[C@H]1CCS(=O)(=O)C1. The van der Waals surface area contributed by atoms with E-state index in [0.717, 1.165) is 24.3 Å². The van der Waals surface area contributed by atoms with Crippen molar-refractivity contribution in [1.82, 2.24) is 15.0 Å². The Morgan fingerprint density at radius 2 is 2.08 bits per heavy atom. The van der Waals surface area contributed by atoms with Crippen LogP contribution in [0, 0.1) is 0 Å². The molecule has 0 N–H and O–H groups in total. The van der Waals surface area contributed by atoms with Crippen LogP contribution in [0.1, 0.15) is 43.1 Å². The van der Waals surface area contributed by atoms with Gasteiger partial charge in [0.05, 0.1) is 18.1 Å². The highest BCUT2D eigenvalue weighted by atomic mass is 32.2. The van der Waals surface area contributed by atoms with E-state index in [0.29, 0.717) is 31.8 Å². The fourth-order valence-electron chi connectivity index (χ4n) is 3.06. The first-order valence-electron chi connectivity index (χ1n) is 8.44. The maximum atomic E-state index is 12.3. The Morgan fingerprint density at radius 3 is 2.71 bits per heavy atom. The summed E-state index contributed by atoms with van der Waals surface area (Å²) < 4.78 is 28.4. The van der Waals surface area contributed by atoms with Crippen LogP contribution < -0.4 is 0 Å². The molecule has 0 bridgehead atoms. The third-order valence-electron chi connectivity index (χ3n) is 4.89. The predicted molar refractivity (Wildman–Crippen MR) is 89.3 cm³/mol. The molecule has 0 unspecified atom stereocenters. The topological polar surface area (TPSA) is 83.7 Å². The molecule has 7 nitrogen and oxygen atoms in total. The Morgan fingerprint density at radius 1 is 1.33 bits per heavy atom. The summed E-state index contributed by atoms with van der Waals surface area (Å²) in [5.74, 6) is 1.93. The molecule has 1 atom stereocenters. The molecule has 2 aliphatic rings. The normalized spacial score (nSPS) is 22.9. The zero-order valence-electron chi connectivity index (χ0n) is 14.3. The zero-order chi connectivity index (χ0) is 17.3. The molecule has 3 rings (SSSR count). The summed E-state index contributed by atoms with van der Waals surface area (Å²) in [4.78, 5) is 15.9. The second-order valence-corrected chi connectivity index (χ2v) is 9.26. The van der Waals surface area contributed by atoms with Crippen LogP contribution in [0.15, 0.2) is 10.6 Å². The highest BCUT2D eigenvalue weighted by molar-refractivity contribution is 7.91. The minimum atomic E-state index is -2.89. The number of rotatable bonds is 7. The van der Waals surface area contributed by atoms with Crippen LogP contribution in [0.3, 0.4) is 0 Å². The van der Waals surface area contributed by atoms with E-state index in [2.05, 4.69) is 5.16 Å². The van der Waals surface area contributed by atoms with Crippen molar-refractivity contribution in [2.75, 3.05) is 32.1 Å². The first-order valence-corrected chi connectivity index (χ1v) is 10.3. The van der Waals surface area contributed by atoms with Crippen molar-refractivity contribution < 1.29 is 17.7 Å². The Bertz CT molecular complexity index is 696. The minimum Gasteiger partial charge on any atom is -0.361 e. The molecule has 2 heterocycles. The van der Waals surface area contributed by atoms with Crippen molar-refractivity contribution in [3.63, 3.8) is 0 Å². The third kappa shape index (κ3) is 4.36. The second kappa shape index (κ2) is 6.84. The van der Waals surface area contributed by atoms with Gasteiger partial charge in [-0.1, -0.05) is 5.16 Å². The smallest absolute Gasteiger partial charge is 0.223 e. The summed E-state index contributed by atoms with van der Waals surface area (Å²) in [6.45, 7) is 1.01. The summed E-state index contributed by atoms with van der Waals surface area (Å²) in [5.41, 5.74) is 0.781. The van der Waals surface area contributed by atoms with Gasteiger partial charge in [0.1, 0.15) is 11.5 Å². The number of carbonyl (C=O) groups excluding carboxylic acids is 1. The zero-order valence-corrected chi connectivity index (χ0v) is 15.1. The lowest BCUT2D eigenvalue weighted by atomic mass is 10.2. The van der Waals surface area contributed by atoms with Gasteiger partial charge in [0, 0.05) is 38.0 Å². The fourth-order valence-corrected chi connectivity index (χ4v) is 4.87. The van der Waals surface area contributed by atoms with Crippen LogP contribution in [0.25, 0.3) is 0 Å². The molecule has 2 fully saturated rings. The van der Waals surface area contributed by atoms with E-state index in [1.807, 2.05) is 18.0 Å². The Kier molecular flexibility index (Phi) is 4.96. The molecule has 0 aromatic carbocycles. The molecule has 1 amide bonds. The molecular formula is C16H25N3O4S. The number of hydrogen-bond acceptors (Lipinski definition) is 6. The lowest BCUT2D eigenvalue weighted by molar-refractivity contribution is -0.130. The van der Waals surface area contributed by atoms with Crippen molar-refractivity contribution in [2.24, 2.45) is 0 Å². The number of carbonyl (C=O) groups is 1. The monoisotopic (exact) mass is 355 g/mol. The maximum absolute atomic E-state index is 12.3. The van der Waals surface area contributed by atoms with Gasteiger partial charge in [-0.3, -0.25) is 4.79 Å². The molecule has 24 heavy (non-hydrogen) atoms. The highest BCUT2D eigenvalue weighted by Crippen LogP contribution is 2.40. The van der Waals surface area contributed by atoms with E-state index in [9.17, 15) is 13.2 Å². The van der Waals surface area contributed by atoms with Crippen LogP contribution in [0.5, 0.6) is 0 Å². The van der Waals surface area contributed by atoms with Crippen LogP contribution in [0.4, 0.5) is 0 Å². The lowest BCUT2D eigenvalue weighted by Gasteiger charge is -2.24. The molecule has 1 aliphatic carbocycles. The Labute approximate surface area is 142 Å². The van der Waals surface area contributed by atoms with E-state index in [-0.39, 0.29) is 23.5 Å². The van der Waals surface area contributed by atoms with Crippen LogP contribution >= 0.6 is 0 Å². The molecule has 1 aromatic rings. The molecule has 0 spiro atoms. The van der Waals surface area contributed by atoms with Crippen LogP contribution in [0.2, 0.25) is 0 Å². The van der Waals surface area contributed by atoms with E-state index in [1.165, 1.54) is 0 Å². The van der Waals surface area contributed by atoms with Gasteiger partial charge in [-0.2, -0.15) is 0 Å². The van der Waals surface area contributed by atoms with Crippen molar-refractivity contribution in [3.05, 3.63) is 17.5 Å². The fraction of sp³-hybridized carbons (Fsp3) is 0.750. The molecule has 134 valence electrons. The van der Waals surface area contributed by atoms with Crippen molar-refractivity contribution in [2.45, 2.75) is 44.2 Å². The van der Waals surface area contributed by atoms with Gasteiger partial charge in [0.2, 0.25) is 5.91 Å². The van der Waals surface area contributed by atoms with Crippen LogP contribution in [-0.2, 0) is 21.2 Å². The summed E-state index contributed by atoms with van der Waals surface area (Å²) >= 11 is 0. The average molecular weight is 355 g/mol. The minimum absolute atomic E-state index is 0.0266. The largest absolute Gasteiger partial charge is 0.361 e. The summed E-state index contributed by atoms with van der Waals surface area (Å²) in [5, 5.41) is 4.03. The second-order valence-electron chi connectivity index (χ2n) is 7.03. The van der Waals surface area contributed by atoms with Crippen LogP contribution in [-0.4, -0.2) is 67.5 Å². The number of nitrogens with zero attached hydrogens (tertiary/aromatic N) is 3. The van der Waals surface area contributed by atoms with E-state index < -0.39 is 9.84 Å². The number of amides is 1. The summed E-state index contributed by atoms with van der Waals surface area (Å²) in [6.07, 6.45) is 3.35. The van der Waals surface area contributed by atoms with Gasteiger partial charge >= 0.3 is 0 Å². The average Bonchev–Trinajstić information content (AvgIpc) is 3.17. The molecular weight excluding hydrogens is 330 g/mol. The first-order chi connectivity index (χ1) is 11.3. The Hall–Kier alpha value is -1.41. The molecule has 1 saturated carbocycles. The third-order valence-corrected chi connectivity index (χ3v) is 6.64. The number of aromatic nitrogens is 1. The molecule has 8 heteroatoms. The van der Waals surface area contributed by atoms with Gasteiger partial charge in [0.25, 0.3) is 0 Å². The van der Waals surface area contributed by atoms with Gasteiger partial charge in [0.15, 0.2) is 9.84 Å². The highest BCUT2D eigenvalue weighted by Gasteiger charge is 2.31. The number of sulfone groups is 1. The first kappa shape index (κ1) is 17.4.